The van der Waals surface area contributed by atoms with Gasteiger partial charge in [0, 0.05) is 0 Å². The Morgan fingerprint density at radius 2 is 1.11 bits per heavy atom. The molecule has 0 aromatic heterocycles. The third-order valence-corrected chi connectivity index (χ3v) is 13.5. The van der Waals surface area contributed by atoms with Crippen molar-refractivity contribution in [2.45, 2.75) is 73.4 Å². The average Bonchev–Trinajstić information content (AvgIpc) is 2.85. The van der Waals surface area contributed by atoms with Crippen LogP contribution in [0.15, 0.2) is 103 Å². The second-order valence-corrected chi connectivity index (χ2v) is 16.2. The van der Waals surface area contributed by atoms with Crippen LogP contribution in [0.2, 0.25) is 0 Å². The summed E-state index contributed by atoms with van der Waals surface area (Å²) < 4.78 is 0. The first-order valence-corrected chi connectivity index (χ1v) is 15.6. The molecule has 0 aliphatic carbocycles. The van der Waals surface area contributed by atoms with Gasteiger partial charge in [-0.25, -0.2) is 0 Å². The molecule has 0 saturated heterocycles. The Bertz CT molecular complexity index is 951. The van der Waals surface area contributed by atoms with E-state index in [1.54, 1.807) is 0 Å². The van der Waals surface area contributed by atoms with Crippen molar-refractivity contribution in [3.8, 4) is 0 Å². The van der Waals surface area contributed by atoms with Crippen molar-refractivity contribution in [1.82, 2.24) is 0 Å². The SMILES string of the molecule is C/C(=C\CC(C)(C)CC(C)C(C)[PH](c1ccccc1)(c1ccccc1)c1ccccc1)CC(C)C. The van der Waals surface area contributed by atoms with Crippen LogP contribution in [0.25, 0.3) is 0 Å². The molecule has 1 heteroatoms. The number of rotatable bonds is 11. The fourth-order valence-corrected chi connectivity index (χ4v) is 11.8. The van der Waals surface area contributed by atoms with Crippen LogP contribution < -0.4 is 15.9 Å². The van der Waals surface area contributed by atoms with Crippen molar-refractivity contribution >= 4 is 23.2 Å². The van der Waals surface area contributed by atoms with Crippen LogP contribution in [0.1, 0.15) is 67.7 Å². The summed E-state index contributed by atoms with van der Waals surface area (Å²) in [4.78, 5) is 0. The Hall–Kier alpha value is -2.17. The number of allylic oxidation sites excluding steroid dienone is 2. The molecule has 0 heterocycles. The fraction of sp³-hybridized carbons (Fsp3) is 0.412. The van der Waals surface area contributed by atoms with E-state index in [9.17, 15) is 0 Å². The van der Waals surface area contributed by atoms with Crippen LogP contribution in [-0.4, -0.2) is 5.66 Å². The Kier molecular flexibility index (Phi) is 9.54. The van der Waals surface area contributed by atoms with E-state index in [1.807, 2.05) is 0 Å². The van der Waals surface area contributed by atoms with Gasteiger partial charge in [0.1, 0.15) is 0 Å². The molecule has 2 atom stereocenters. The summed E-state index contributed by atoms with van der Waals surface area (Å²) >= 11 is 0. The van der Waals surface area contributed by atoms with Crippen molar-refractivity contribution in [3.05, 3.63) is 103 Å². The molecule has 0 amide bonds. The maximum atomic E-state index is 2.54. The summed E-state index contributed by atoms with van der Waals surface area (Å²) in [7, 11) is -2.27. The van der Waals surface area contributed by atoms with E-state index in [2.05, 4.69) is 146 Å². The molecule has 2 unspecified atom stereocenters. The Morgan fingerprint density at radius 3 is 1.49 bits per heavy atom. The predicted molar refractivity (Wildman–Crippen MR) is 161 cm³/mol. The van der Waals surface area contributed by atoms with E-state index in [-0.39, 0.29) is 5.41 Å². The van der Waals surface area contributed by atoms with Crippen molar-refractivity contribution in [3.63, 3.8) is 0 Å². The Morgan fingerprint density at radius 1 is 0.714 bits per heavy atom. The molecular weight excluding hydrogens is 439 g/mol. The third kappa shape index (κ3) is 6.74. The molecule has 0 spiro atoms. The Labute approximate surface area is 216 Å². The zero-order chi connectivity index (χ0) is 25.5. The topological polar surface area (TPSA) is 0 Å². The summed E-state index contributed by atoms with van der Waals surface area (Å²) in [5.74, 6) is 1.32. The first-order valence-electron chi connectivity index (χ1n) is 13.5. The summed E-state index contributed by atoms with van der Waals surface area (Å²) in [5, 5.41) is 4.55. The van der Waals surface area contributed by atoms with Crippen LogP contribution in [0, 0.1) is 17.3 Å². The maximum absolute atomic E-state index is 2.54. The standard InChI is InChI=1S/C34H47P/c1-27(2)25-28(3)23-24-34(6,7)26-29(4)30(5)35(31-17-11-8-12-18-31,32-19-13-9-14-20-32)33-21-15-10-16-22-33/h8-23,27,29-30,35H,24-26H2,1-7H3/b28-23+. The molecule has 0 bridgehead atoms. The zero-order valence-electron chi connectivity index (χ0n) is 23.1. The van der Waals surface area contributed by atoms with Crippen molar-refractivity contribution < 1.29 is 0 Å². The molecule has 0 N–H and O–H groups in total. The van der Waals surface area contributed by atoms with Crippen LogP contribution in [0.3, 0.4) is 0 Å². The van der Waals surface area contributed by atoms with Gasteiger partial charge < -0.3 is 0 Å². The minimum atomic E-state index is -2.27. The summed E-state index contributed by atoms with van der Waals surface area (Å²) in [6, 6.07) is 34.2. The molecular formula is C34H47P. The molecule has 3 aromatic rings. The van der Waals surface area contributed by atoms with Gasteiger partial charge in [-0.05, 0) is 0 Å². The van der Waals surface area contributed by atoms with Crippen molar-refractivity contribution in [1.29, 1.82) is 0 Å². The normalized spacial score (nSPS) is 15.1. The van der Waals surface area contributed by atoms with Gasteiger partial charge in [-0.1, -0.05) is 0 Å². The molecule has 3 rings (SSSR count). The third-order valence-electron chi connectivity index (χ3n) is 7.83. The van der Waals surface area contributed by atoms with E-state index in [4.69, 9.17) is 0 Å². The summed E-state index contributed by atoms with van der Waals surface area (Å²) in [5.41, 5.74) is 2.36. The van der Waals surface area contributed by atoms with Crippen LogP contribution in [0.4, 0.5) is 0 Å². The van der Waals surface area contributed by atoms with Gasteiger partial charge in [0.05, 0.1) is 0 Å². The van der Waals surface area contributed by atoms with Crippen LogP contribution in [-0.2, 0) is 0 Å². The molecule has 0 radical (unpaired) electrons. The van der Waals surface area contributed by atoms with Gasteiger partial charge in [0.2, 0.25) is 0 Å². The quantitative estimate of drug-likeness (QED) is 0.188. The van der Waals surface area contributed by atoms with E-state index in [1.165, 1.54) is 34.3 Å². The second-order valence-electron chi connectivity index (χ2n) is 11.9. The average molecular weight is 487 g/mol. The van der Waals surface area contributed by atoms with Gasteiger partial charge in [0.15, 0.2) is 0 Å². The van der Waals surface area contributed by atoms with Crippen LogP contribution in [0.5, 0.6) is 0 Å². The second kappa shape index (κ2) is 12.2. The van der Waals surface area contributed by atoms with E-state index in [0.717, 1.165) is 12.3 Å². The number of hydrogen-bond donors (Lipinski definition) is 0. The molecule has 0 aliphatic heterocycles. The van der Waals surface area contributed by atoms with E-state index < -0.39 is 7.26 Å². The molecule has 188 valence electrons. The van der Waals surface area contributed by atoms with Gasteiger partial charge in [0.25, 0.3) is 0 Å². The zero-order valence-corrected chi connectivity index (χ0v) is 24.1. The molecule has 0 aliphatic rings. The minimum absolute atomic E-state index is 0.274. The Balaban J connectivity index is 2.04. The van der Waals surface area contributed by atoms with Crippen LogP contribution >= 0.6 is 7.26 Å². The molecule has 35 heavy (non-hydrogen) atoms. The number of hydrogen-bond acceptors (Lipinski definition) is 0. The van der Waals surface area contributed by atoms with E-state index >= 15 is 0 Å². The molecule has 0 fully saturated rings. The predicted octanol–water partition coefficient (Wildman–Crippen LogP) is 8.54. The fourth-order valence-electron chi connectivity index (χ4n) is 6.13. The van der Waals surface area contributed by atoms with Gasteiger partial charge in [-0.2, -0.15) is 0 Å². The first kappa shape index (κ1) is 27.4. The van der Waals surface area contributed by atoms with Crippen molar-refractivity contribution in [2.75, 3.05) is 0 Å². The molecule has 0 saturated carbocycles. The van der Waals surface area contributed by atoms with E-state index in [0.29, 0.717) is 11.6 Å². The number of benzene rings is 3. The summed E-state index contributed by atoms with van der Waals surface area (Å²) in [6.07, 6.45) is 6.09. The molecule has 3 aromatic carbocycles. The monoisotopic (exact) mass is 486 g/mol. The van der Waals surface area contributed by atoms with Crippen molar-refractivity contribution in [2.24, 2.45) is 17.3 Å². The summed E-state index contributed by atoms with van der Waals surface area (Å²) in [6.45, 7) is 16.9. The van der Waals surface area contributed by atoms with Gasteiger partial charge in [-0.15, -0.1) is 0 Å². The van der Waals surface area contributed by atoms with Gasteiger partial charge in [-0.3, -0.25) is 0 Å². The first-order chi connectivity index (χ1) is 16.7. The molecule has 0 nitrogen and oxygen atoms in total. The van der Waals surface area contributed by atoms with Gasteiger partial charge >= 0.3 is 216 Å².